The highest BCUT2D eigenvalue weighted by molar-refractivity contribution is 9.08. The third-order valence-electron chi connectivity index (χ3n) is 7.58. The van der Waals surface area contributed by atoms with Crippen molar-refractivity contribution in [3.8, 4) is 0 Å². The number of unbranched alkanes of at least 4 members (excludes halogenated alkanes) is 12. The number of quaternary nitrogens is 1. The van der Waals surface area contributed by atoms with Crippen LogP contribution in [0.5, 0.6) is 0 Å². The molecule has 1 rings (SSSR count). The summed E-state index contributed by atoms with van der Waals surface area (Å²) >= 11 is 3.55. The van der Waals surface area contributed by atoms with Crippen molar-refractivity contribution < 1.29 is 40.5 Å². The first kappa shape index (κ1) is 40.6. The molecule has 0 aliphatic rings. The number of esters is 2. The lowest BCUT2D eigenvalue weighted by atomic mass is 10.1. The van der Waals surface area contributed by atoms with Crippen LogP contribution in [0.1, 0.15) is 114 Å². The Morgan fingerprint density at radius 2 is 1.17 bits per heavy atom. The Morgan fingerprint density at radius 3 is 1.62 bits per heavy atom. The predicted molar refractivity (Wildman–Crippen MR) is 175 cm³/mol. The number of nitrogens with zero attached hydrogens (tertiary/aromatic N) is 1. The van der Waals surface area contributed by atoms with Crippen LogP contribution in [0.2, 0.25) is 0 Å². The molecule has 42 heavy (non-hydrogen) atoms. The highest BCUT2D eigenvalue weighted by Crippen LogP contribution is 2.16. The Morgan fingerprint density at radius 1 is 0.738 bits per heavy atom. The molecule has 0 fully saturated rings. The van der Waals surface area contributed by atoms with Gasteiger partial charge in [-0.3, -0.25) is 9.59 Å². The molecule has 0 aromatic heterocycles. The molecule has 0 N–H and O–H groups in total. The van der Waals surface area contributed by atoms with Gasteiger partial charge in [0.2, 0.25) is 0 Å². The van der Waals surface area contributed by atoms with E-state index in [0.29, 0.717) is 43.6 Å². The van der Waals surface area contributed by atoms with E-state index in [1.807, 2.05) is 12.2 Å². The van der Waals surface area contributed by atoms with Gasteiger partial charge in [-0.25, -0.2) is 0 Å². The summed E-state index contributed by atoms with van der Waals surface area (Å²) in [5, 5.41) is 0.809. The van der Waals surface area contributed by atoms with Gasteiger partial charge in [0.15, 0.2) is 0 Å². The maximum Gasteiger partial charge on any atom is 0.305 e. The van der Waals surface area contributed by atoms with Gasteiger partial charge in [-0.05, 0) is 50.2 Å². The zero-order valence-electron chi connectivity index (χ0n) is 26.3. The summed E-state index contributed by atoms with van der Waals surface area (Å²) in [5.41, 5.74) is 2.46. The van der Waals surface area contributed by atoms with E-state index >= 15 is 0 Å². The van der Waals surface area contributed by atoms with Crippen LogP contribution in [-0.2, 0) is 30.9 Å². The van der Waals surface area contributed by atoms with E-state index in [0.717, 1.165) is 50.4 Å². The second-order valence-electron chi connectivity index (χ2n) is 11.5. The molecule has 0 bridgehead atoms. The lowest BCUT2D eigenvalue weighted by Gasteiger charge is -2.34. The maximum absolute atomic E-state index is 12.3. The normalized spacial score (nSPS) is 11.0. The van der Waals surface area contributed by atoms with E-state index in [1.165, 1.54) is 62.5 Å². The fourth-order valence-electron chi connectivity index (χ4n) is 4.96. The highest BCUT2D eigenvalue weighted by atomic mass is 79.9. The molecule has 1 aromatic rings. The van der Waals surface area contributed by atoms with Gasteiger partial charge < -0.3 is 30.9 Å². The molecule has 0 spiro atoms. The number of benzene rings is 1. The molecule has 0 unspecified atom stereocenters. The summed E-state index contributed by atoms with van der Waals surface area (Å²) in [6, 6.07) is 8.53. The number of hydrogen-bond acceptors (Lipinski definition) is 4. The summed E-state index contributed by atoms with van der Waals surface area (Å²) in [4.78, 5) is 24.7. The number of halogens is 2. The van der Waals surface area contributed by atoms with E-state index in [9.17, 15) is 9.59 Å². The Bertz CT molecular complexity index is 819. The van der Waals surface area contributed by atoms with Crippen LogP contribution in [0, 0.1) is 0 Å². The van der Waals surface area contributed by atoms with Gasteiger partial charge in [0.1, 0.15) is 32.8 Å². The van der Waals surface area contributed by atoms with E-state index in [1.54, 1.807) is 0 Å². The zero-order valence-corrected chi connectivity index (χ0v) is 29.4. The number of allylic oxidation sites excluding steroid dienone is 2. The van der Waals surface area contributed by atoms with E-state index in [-0.39, 0.29) is 28.9 Å². The second-order valence-corrected chi connectivity index (χ2v) is 12.1. The second kappa shape index (κ2) is 27.1. The van der Waals surface area contributed by atoms with Gasteiger partial charge in [-0.15, -0.1) is 13.2 Å². The topological polar surface area (TPSA) is 52.6 Å². The van der Waals surface area contributed by atoms with Crippen molar-refractivity contribution in [3.63, 3.8) is 0 Å². The van der Waals surface area contributed by atoms with Gasteiger partial charge in [0, 0.05) is 23.7 Å². The Balaban J connectivity index is 0.0000168. The van der Waals surface area contributed by atoms with Gasteiger partial charge >= 0.3 is 11.9 Å². The minimum atomic E-state index is -0.114. The van der Waals surface area contributed by atoms with Gasteiger partial charge in [0.05, 0.1) is 7.05 Å². The molecule has 0 saturated heterocycles. The number of ether oxygens (including phenoxy) is 2. The van der Waals surface area contributed by atoms with E-state index < -0.39 is 0 Å². The molecule has 0 aliphatic heterocycles. The number of rotatable bonds is 27. The van der Waals surface area contributed by atoms with Crippen LogP contribution in [0.3, 0.4) is 0 Å². The van der Waals surface area contributed by atoms with Gasteiger partial charge in [-0.1, -0.05) is 97.6 Å². The minimum absolute atomic E-state index is 0. The fourth-order valence-corrected chi connectivity index (χ4v) is 5.30. The number of alkyl halides is 1. The SMILES string of the molecule is C=CCCCCCCCCC(=O)OCC[N+](C)(CCOC(=O)CCCCCCCCC=C)Cc1cccc(CBr)c1.[Br-]. The maximum atomic E-state index is 12.3. The first-order chi connectivity index (χ1) is 19.9. The van der Waals surface area contributed by atoms with Crippen molar-refractivity contribution in [3.05, 3.63) is 60.7 Å². The number of carbonyl (C=O) groups excluding carboxylic acids is 2. The Labute approximate surface area is 276 Å². The quantitative estimate of drug-likeness (QED) is 0.0357. The van der Waals surface area contributed by atoms with Crippen molar-refractivity contribution in [2.45, 2.75) is 115 Å². The van der Waals surface area contributed by atoms with Crippen molar-refractivity contribution in [1.82, 2.24) is 0 Å². The minimum Gasteiger partial charge on any atom is -1.00 e. The molecule has 0 heterocycles. The van der Waals surface area contributed by atoms with Crippen LogP contribution < -0.4 is 17.0 Å². The fraction of sp³-hybridized carbons (Fsp3) is 0.657. The smallest absolute Gasteiger partial charge is 0.305 e. The number of carbonyl (C=O) groups is 2. The largest absolute Gasteiger partial charge is 1.00 e. The van der Waals surface area contributed by atoms with Crippen molar-refractivity contribution in [1.29, 1.82) is 0 Å². The van der Waals surface area contributed by atoms with Crippen LogP contribution in [0.4, 0.5) is 0 Å². The third-order valence-corrected chi connectivity index (χ3v) is 8.22. The molecule has 0 saturated carbocycles. The summed E-state index contributed by atoms with van der Waals surface area (Å²) in [6.07, 6.45) is 20.7. The summed E-state index contributed by atoms with van der Waals surface area (Å²) in [7, 11) is 2.15. The molecular formula is C35H57Br2NO4. The molecule has 7 heteroatoms. The Kier molecular flexibility index (Phi) is 26.2. The molecule has 0 radical (unpaired) electrons. The van der Waals surface area contributed by atoms with Gasteiger partial charge in [-0.2, -0.15) is 0 Å². The Hall–Kier alpha value is -1.44. The highest BCUT2D eigenvalue weighted by Gasteiger charge is 2.24. The standard InChI is InChI=1S/C35H57BrNO4.BrH/c1-4-6-8-10-12-14-16-18-23-34(38)40-27-25-37(3,31-33-22-20-21-32(29-33)30-36)26-28-41-35(39)24-19-17-15-13-11-9-7-5-2;/h4-5,20-22,29H,1-2,6-19,23-28,30-31H2,3H3;1H/q+1;/p-1. The molecule has 5 nitrogen and oxygen atoms in total. The summed E-state index contributed by atoms with van der Waals surface area (Å²) in [5.74, 6) is -0.228. The van der Waals surface area contributed by atoms with Crippen molar-refractivity contribution >= 4 is 27.9 Å². The summed E-state index contributed by atoms with van der Waals surface area (Å²) < 4.78 is 11.9. The molecule has 0 amide bonds. The monoisotopic (exact) mass is 713 g/mol. The first-order valence-electron chi connectivity index (χ1n) is 15.9. The average Bonchev–Trinajstić information content (AvgIpc) is 2.96. The van der Waals surface area contributed by atoms with Crippen LogP contribution in [0.25, 0.3) is 0 Å². The summed E-state index contributed by atoms with van der Waals surface area (Å²) in [6.45, 7) is 10.4. The van der Waals surface area contributed by atoms with Crippen LogP contribution >= 0.6 is 15.9 Å². The van der Waals surface area contributed by atoms with Gasteiger partial charge in [0.25, 0.3) is 0 Å². The molecule has 240 valence electrons. The van der Waals surface area contributed by atoms with E-state index in [2.05, 4.69) is 60.4 Å². The van der Waals surface area contributed by atoms with Crippen molar-refractivity contribution in [2.24, 2.45) is 0 Å². The average molecular weight is 716 g/mol. The van der Waals surface area contributed by atoms with Crippen molar-refractivity contribution in [2.75, 3.05) is 33.4 Å². The lowest BCUT2D eigenvalue weighted by molar-refractivity contribution is -0.922. The van der Waals surface area contributed by atoms with Crippen LogP contribution in [-0.4, -0.2) is 49.8 Å². The first-order valence-corrected chi connectivity index (χ1v) is 17.0. The predicted octanol–water partition coefficient (Wildman–Crippen LogP) is 6.23. The lowest BCUT2D eigenvalue weighted by Crippen LogP contribution is -3.00. The molecular weight excluding hydrogens is 658 g/mol. The molecule has 0 atom stereocenters. The zero-order chi connectivity index (χ0) is 30.0. The van der Waals surface area contributed by atoms with E-state index in [4.69, 9.17) is 9.47 Å². The molecule has 1 aromatic carbocycles. The third kappa shape index (κ3) is 22.1. The molecule has 0 aliphatic carbocycles. The number of hydrogen-bond donors (Lipinski definition) is 0. The van der Waals surface area contributed by atoms with Crippen LogP contribution in [0.15, 0.2) is 49.6 Å². The number of likely N-dealkylation sites (N-methyl/N-ethyl adjacent to an activating group) is 1.